The van der Waals surface area contributed by atoms with Crippen molar-refractivity contribution in [3.8, 4) is 0 Å². The van der Waals surface area contributed by atoms with Crippen molar-refractivity contribution in [2.45, 2.75) is 153 Å². The van der Waals surface area contributed by atoms with Gasteiger partial charge in [-0.05, 0) is 116 Å². The maximum Gasteiger partial charge on any atom is -0.0351 e. The second-order valence-electron chi connectivity index (χ2n) is 14.8. The quantitative estimate of drug-likeness (QED) is 0.355. The summed E-state index contributed by atoms with van der Waals surface area (Å²) in [7, 11) is 0. The van der Waals surface area contributed by atoms with Crippen LogP contribution < -0.4 is 0 Å². The summed E-state index contributed by atoms with van der Waals surface area (Å²) in [4.78, 5) is 0. The Labute approximate surface area is 217 Å². The predicted octanol–water partition coefficient (Wildman–Crippen LogP) is 11.4. The Morgan fingerprint density at radius 3 is 1.88 bits per heavy atom. The van der Waals surface area contributed by atoms with E-state index in [4.69, 9.17) is 0 Å². The molecule has 0 spiro atoms. The average Bonchev–Trinajstić information content (AvgIpc) is 3.13. The van der Waals surface area contributed by atoms with E-state index in [1.165, 1.54) is 70.6 Å². The van der Waals surface area contributed by atoms with Gasteiger partial charge in [0.1, 0.15) is 0 Å². The fourth-order valence-corrected chi connectivity index (χ4v) is 8.99. The van der Waals surface area contributed by atoms with Gasteiger partial charge in [-0.2, -0.15) is 0 Å². The Bertz CT molecular complexity index is 560. The Balaban J connectivity index is 0.00000408. The zero-order valence-electron chi connectivity index (χ0n) is 24.2. The van der Waals surface area contributed by atoms with Crippen LogP contribution in [0.3, 0.4) is 0 Å². The molecule has 0 amide bonds. The van der Waals surface area contributed by atoms with Crippen LogP contribution in [0.4, 0.5) is 0 Å². The molecule has 202 valence electrons. The molecule has 3 rings (SSSR count). The van der Waals surface area contributed by atoms with E-state index in [0.29, 0.717) is 5.41 Å². The molecule has 34 heavy (non-hydrogen) atoms. The Hall–Kier alpha value is 0. The molecular formula is C34H66. The maximum absolute atomic E-state index is 2.66. The molecule has 0 heterocycles. The molecule has 0 saturated heterocycles. The number of hydrogen-bond acceptors (Lipinski definition) is 0. The van der Waals surface area contributed by atoms with Crippen LogP contribution in [0.5, 0.6) is 0 Å². The van der Waals surface area contributed by atoms with Gasteiger partial charge in [0.2, 0.25) is 0 Å². The predicted molar refractivity (Wildman–Crippen MR) is 154 cm³/mol. The first-order valence-corrected chi connectivity index (χ1v) is 15.6. The standard InChI is InChI=1S/C33H62.CH4/c1-9-10-11-12-29-15-13-23(2)27(6)22-33(7,8)18-17-25(4)32-21-28(19-26(29)5)20-31-24(3)14-16-30(31)32;/h23-32H,9-22H2,1-8H3;1H4. The van der Waals surface area contributed by atoms with Gasteiger partial charge in [-0.3, -0.25) is 0 Å². The summed E-state index contributed by atoms with van der Waals surface area (Å²) in [6.07, 6.45) is 20.8. The van der Waals surface area contributed by atoms with Crippen molar-refractivity contribution in [1.29, 1.82) is 0 Å². The van der Waals surface area contributed by atoms with Crippen LogP contribution in [0.1, 0.15) is 153 Å². The molecule has 0 aliphatic heterocycles. The van der Waals surface area contributed by atoms with Crippen molar-refractivity contribution in [1.82, 2.24) is 0 Å². The smallest absolute Gasteiger partial charge is 0.0351 e. The number of hydrogen-bond donors (Lipinski definition) is 0. The van der Waals surface area contributed by atoms with Gasteiger partial charge in [-0.25, -0.2) is 0 Å². The van der Waals surface area contributed by atoms with E-state index in [0.717, 1.165) is 59.2 Å². The van der Waals surface area contributed by atoms with Gasteiger partial charge in [0.15, 0.2) is 0 Å². The minimum atomic E-state index is 0. The molecule has 0 aromatic rings. The lowest BCUT2D eigenvalue weighted by Gasteiger charge is -2.44. The minimum Gasteiger partial charge on any atom is -0.0776 e. The zero-order chi connectivity index (χ0) is 24.2. The largest absolute Gasteiger partial charge is 0.0776 e. The summed E-state index contributed by atoms with van der Waals surface area (Å²) in [5, 5.41) is 0. The molecule has 0 nitrogen and oxygen atoms in total. The van der Waals surface area contributed by atoms with E-state index in [1.54, 1.807) is 19.3 Å². The van der Waals surface area contributed by atoms with Gasteiger partial charge in [0.25, 0.3) is 0 Å². The van der Waals surface area contributed by atoms with Crippen LogP contribution in [0.25, 0.3) is 0 Å². The van der Waals surface area contributed by atoms with E-state index in [-0.39, 0.29) is 7.43 Å². The van der Waals surface area contributed by atoms with Crippen molar-refractivity contribution < 1.29 is 0 Å². The summed E-state index contributed by atoms with van der Waals surface area (Å²) >= 11 is 0. The monoisotopic (exact) mass is 475 g/mol. The summed E-state index contributed by atoms with van der Waals surface area (Å²) in [6.45, 7) is 20.6. The number of fused-ring (bicyclic) bond motifs is 4. The molecule has 10 atom stereocenters. The third kappa shape index (κ3) is 8.00. The van der Waals surface area contributed by atoms with Crippen LogP contribution in [-0.2, 0) is 0 Å². The third-order valence-corrected chi connectivity index (χ3v) is 11.5. The molecule has 0 heteroatoms. The molecule has 3 fully saturated rings. The van der Waals surface area contributed by atoms with E-state index >= 15 is 0 Å². The average molecular weight is 475 g/mol. The first kappa shape index (κ1) is 30.2. The van der Waals surface area contributed by atoms with Crippen molar-refractivity contribution in [2.75, 3.05) is 0 Å². The van der Waals surface area contributed by atoms with Crippen molar-refractivity contribution in [3.63, 3.8) is 0 Å². The normalized spacial score (nSPS) is 43.8. The van der Waals surface area contributed by atoms with Crippen LogP contribution in [0.15, 0.2) is 0 Å². The number of unbranched alkanes of at least 4 members (excludes halogenated alkanes) is 2. The SMILES string of the molecule is C.CCCCCC1CCC(C)C(C)CC(C)(C)CCC(C)C2CC(CC1C)CC1C(C)CCC12. The van der Waals surface area contributed by atoms with Gasteiger partial charge in [-0.15, -0.1) is 0 Å². The summed E-state index contributed by atoms with van der Waals surface area (Å²) < 4.78 is 0. The number of rotatable bonds is 4. The maximum atomic E-state index is 2.66. The second-order valence-corrected chi connectivity index (χ2v) is 14.8. The third-order valence-electron chi connectivity index (χ3n) is 11.5. The Morgan fingerprint density at radius 2 is 1.24 bits per heavy atom. The van der Waals surface area contributed by atoms with E-state index in [9.17, 15) is 0 Å². The highest BCUT2D eigenvalue weighted by Gasteiger charge is 2.45. The Morgan fingerprint density at radius 1 is 0.618 bits per heavy atom. The lowest BCUT2D eigenvalue weighted by atomic mass is 9.61. The van der Waals surface area contributed by atoms with Crippen molar-refractivity contribution in [2.24, 2.45) is 64.6 Å². The van der Waals surface area contributed by atoms with E-state index in [1.807, 2.05) is 0 Å². The molecule has 0 aromatic heterocycles. The highest BCUT2D eigenvalue weighted by Crippen LogP contribution is 2.54. The molecule has 3 saturated carbocycles. The van der Waals surface area contributed by atoms with Gasteiger partial charge in [0.05, 0.1) is 0 Å². The summed E-state index contributed by atoms with van der Waals surface area (Å²) in [5.74, 6) is 9.70. The van der Waals surface area contributed by atoms with E-state index in [2.05, 4.69) is 55.4 Å². The molecule has 0 N–H and O–H groups in total. The lowest BCUT2D eigenvalue weighted by molar-refractivity contribution is 0.0522. The highest BCUT2D eigenvalue weighted by atomic mass is 14.5. The van der Waals surface area contributed by atoms with Crippen molar-refractivity contribution in [3.05, 3.63) is 0 Å². The highest BCUT2D eigenvalue weighted by molar-refractivity contribution is 4.95. The lowest BCUT2D eigenvalue weighted by Crippen LogP contribution is -2.36. The van der Waals surface area contributed by atoms with Gasteiger partial charge in [-0.1, -0.05) is 101 Å². The van der Waals surface area contributed by atoms with Crippen LogP contribution in [-0.4, -0.2) is 0 Å². The molecule has 3 aliphatic carbocycles. The van der Waals surface area contributed by atoms with Gasteiger partial charge in [0, 0.05) is 0 Å². The molecule has 0 radical (unpaired) electrons. The minimum absolute atomic E-state index is 0. The second kappa shape index (κ2) is 13.5. The zero-order valence-corrected chi connectivity index (χ0v) is 24.2. The molecule has 2 bridgehead atoms. The van der Waals surface area contributed by atoms with Gasteiger partial charge >= 0.3 is 0 Å². The van der Waals surface area contributed by atoms with Crippen LogP contribution in [0, 0.1) is 64.6 Å². The summed E-state index contributed by atoms with van der Waals surface area (Å²) in [6, 6.07) is 0. The molecule has 0 aromatic carbocycles. The summed E-state index contributed by atoms with van der Waals surface area (Å²) in [5.41, 5.74) is 0.506. The topological polar surface area (TPSA) is 0 Å². The van der Waals surface area contributed by atoms with Crippen molar-refractivity contribution >= 4 is 0 Å². The first-order valence-electron chi connectivity index (χ1n) is 15.6. The first-order chi connectivity index (χ1) is 15.6. The molecule has 10 unspecified atom stereocenters. The van der Waals surface area contributed by atoms with Crippen LogP contribution >= 0.6 is 0 Å². The molecular weight excluding hydrogens is 408 g/mol. The fraction of sp³-hybridized carbons (Fsp3) is 1.00. The van der Waals surface area contributed by atoms with E-state index < -0.39 is 0 Å². The van der Waals surface area contributed by atoms with Crippen LogP contribution in [0.2, 0.25) is 0 Å². The Kier molecular flexibility index (Phi) is 12.0. The molecule has 3 aliphatic rings. The van der Waals surface area contributed by atoms with Gasteiger partial charge < -0.3 is 0 Å². The fourth-order valence-electron chi connectivity index (χ4n) is 8.99.